The second-order valence-corrected chi connectivity index (χ2v) is 11.4. The standard InChI is InChI=1S/C17H24N6.C11H20/c1-21(2)16-12-15(18)19-17(20-16)23-10-8-22(9-11-23)13-14-6-4-3-5-7-14;1-8(2)10-9-4-6-11(10,3)7-5-9/h3-7,12H,8-11,13H2,1-2H3,(H2,18,19,20);8-10H,4-7H2,1-3H3. The van der Waals surface area contributed by atoms with Crippen LogP contribution in [0.15, 0.2) is 36.4 Å². The molecule has 1 atom stereocenters. The van der Waals surface area contributed by atoms with Crippen molar-refractivity contribution in [3.8, 4) is 0 Å². The maximum atomic E-state index is 5.92. The van der Waals surface area contributed by atoms with Crippen molar-refractivity contribution in [3.63, 3.8) is 0 Å². The molecule has 34 heavy (non-hydrogen) atoms. The van der Waals surface area contributed by atoms with Crippen LogP contribution < -0.4 is 15.5 Å². The minimum absolute atomic E-state index is 0.519. The Morgan fingerprint density at radius 2 is 1.68 bits per heavy atom. The summed E-state index contributed by atoms with van der Waals surface area (Å²) in [5.74, 6) is 5.18. The minimum Gasteiger partial charge on any atom is -0.383 e. The molecule has 0 spiro atoms. The van der Waals surface area contributed by atoms with Gasteiger partial charge in [0, 0.05) is 52.9 Å². The third-order valence-electron chi connectivity index (χ3n) is 8.29. The molecule has 1 unspecified atom stereocenters. The SMILES string of the molecule is CC(C)C1C2CCC1(C)CC2.CN(C)c1cc(N)nc(N2CCN(Cc3ccccc3)CC2)n1. The number of nitrogen functional groups attached to an aromatic ring is 1. The van der Waals surface area contributed by atoms with Gasteiger partial charge in [-0.15, -0.1) is 0 Å². The van der Waals surface area contributed by atoms with E-state index in [0.717, 1.165) is 67.7 Å². The molecule has 6 nitrogen and oxygen atoms in total. The Balaban J connectivity index is 0.000000207. The summed E-state index contributed by atoms with van der Waals surface area (Å²) in [6.45, 7) is 12.2. The van der Waals surface area contributed by atoms with Gasteiger partial charge in [-0.25, -0.2) is 0 Å². The second-order valence-electron chi connectivity index (χ2n) is 11.4. The van der Waals surface area contributed by atoms with Gasteiger partial charge < -0.3 is 15.5 Å². The van der Waals surface area contributed by atoms with E-state index in [0.29, 0.717) is 5.82 Å². The van der Waals surface area contributed by atoms with Crippen LogP contribution in [-0.2, 0) is 6.54 Å². The molecule has 1 aliphatic heterocycles. The monoisotopic (exact) mass is 464 g/mol. The molecule has 6 heteroatoms. The minimum atomic E-state index is 0.519. The molecule has 0 radical (unpaired) electrons. The maximum Gasteiger partial charge on any atom is 0.229 e. The van der Waals surface area contributed by atoms with E-state index in [1.807, 2.05) is 19.0 Å². The molecule has 2 aliphatic carbocycles. The number of nitrogens with two attached hydrogens (primary N) is 1. The van der Waals surface area contributed by atoms with Crippen LogP contribution in [0.1, 0.15) is 52.0 Å². The van der Waals surface area contributed by atoms with E-state index in [1.165, 1.54) is 31.2 Å². The van der Waals surface area contributed by atoms with Gasteiger partial charge in [-0.05, 0) is 54.4 Å². The predicted molar refractivity (Wildman–Crippen MR) is 143 cm³/mol. The van der Waals surface area contributed by atoms with Crippen LogP contribution in [0.25, 0.3) is 0 Å². The Hall–Kier alpha value is -2.34. The van der Waals surface area contributed by atoms with E-state index in [-0.39, 0.29) is 0 Å². The van der Waals surface area contributed by atoms with E-state index < -0.39 is 0 Å². The van der Waals surface area contributed by atoms with E-state index in [2.05, 4.69) is 70.9 Å². The second kappa shape index (κ2) is 10.5. The number of hydrogen-bond donors (Lipinski definition) is 1. The summed E-state index contributed by atoms with van der Waals surface area (Å²) in [7, 11) is 3.92. The smallest absolute Gasteiger partial charge is 0.229 e. The summed E-state index contributed by atoms with van der Waals surface area (Å²) in [6.07, 6.45) is 6.08. The van der Waals surface area contributed by atoms with Crippen molar-refractivity contribution in [2.24, 2.45) is 23.2 Å². The van der Waals surface area contributed by atoms with Gasteiger partial charge in [0.2, 0.25) is 5.95 Å². The molecular weight excluding hydrogens is 420 g/mol. The molecule has 1 aromatic heterocycles. The van der Waals surface area contributed by atoms with Gasteiger partial charge in [0.15, 0.2) is 0 Å². The zero-order valence-corrected chi connectivity index (χ0v) is 21.9. The first-order valence-electron chi connectivity index (χ1n) is 13.1. The van der Waals surface area contributed by atoms with Crippen molar-refractivity contribution in [3.05, 3.63) is 42.0 Å². The van der Waals surface area contributed by atoms with Crippen molar-refractivity contribution >= 4 is 17.6 Å². The molecule has 3 aliphatic rings. The molecular formula is C28H44N6. The molecule has 1 saturated heterocycles. The number of anilines is 3. The fourth-order valence-corrected chi connectivity index (χ4v) is 6.67. The molecule has 1 aromatic carbocycles. The van der Waals surface area contributed by atoms with E-state index >= 15 is 0 Å². The molecule has 2 bridgehead atoms. The lowest BCUT2D eigenvalue weighted by Gasteiger charge is -2.35. The lowest BCUT2D eigenvalue weighted by Crippen LogP contribution is -2.46. The molecule has 0 amide bonds. The molecule has 2 saturated carbocycles. The predicted octanol–water partition coefficient (Wildman–Crippen LogP) is 4.92. The van der Waals surface area contributed by atoms with Crippen LogP contribution in [0, 0.1) is 23.2 Å². The highest BCUT2D eigenvalue weighted by atomic mass is 15.3. The highest BCUT2D eigenvalue weighted by Gasteiger charge is 2.50. The zero-order valence-electron chi connectivity index (χ0n) is 21.9. The number of aromatic nitrogens is 2. The number of nitrogens with zero attached hydrogens (tertiary/aromatic N) is 5. The number of piperazine rings is 1. The van der Waals surface area contributed by atoms with Gasteiger partial charge in [-0.3, -0.25) is 4.90 Å². The van der Waals surface area contributed by atoms with Crippen molar-refractivity contribution in [1.82, 2.24) is 14.9 Å². The lowest BCUT2D eigenvalue weighted by molar-refractivity contribution is 0.195. The fraction of sp³-hybridized carbons (Fsp3) is 0.643. The van der Waals surface area contributed by atoms with Gasteiger partial charge in [0.25, 0.3) is 0 Å². The van der Waals surface area contributed by atoms with Gasteiger partial charge in [-0.1, -0.05) is 51.1 Å². The third-order valence-corrected chi connectivity index (χ3v) is 8.29. The summed E-state index contributed by atoms with van der Waals surface area (Å²) >= 11 is 0. The quantitative estimate of drug-likeness (QED) is 0.678. The highest BCUT2D eigenvalue weighted by Crippen LogP contribution is 2.60. The van der Waals surface area contributed by atoms with Crippen LogP contribution in [-0.4, -0.2) is 55.1 Å². The summed E-state index contributed by atoms with van der Waals surface area (Å²) in [4.78, 5) is 15.6. The summed E-state index contributed by atoms with van der Waals surface area (Å²) < 4.78 is 0. The Morgan fingerprint density at radius 1 is 1.03 bits per heavy atom. The Kier molecular flexibility index (Phi) is 7.66. The molecule has 2 heterocycles. The average molecular weight is 465 g/mol. The number of fused-ring (bicyclic) bond motifs is 2. The molecule has 2 aromatic rings. The van der Waals surface area contributed by atoms with Crippen molar-refractivity contribution < 1.29 is 0 Å². The molecule has 2 N–H and O–H groups in total. The van der Waals surface area contributed by atoms with Gasteiger partial charge >= 0.3 is 0 Å². The number of hydrogen-bond acceptors (Lipinski definition) is 6. The van der Waals surface area contributed by atoms with Crippen molar-refractivity contribution in [1.29, 1.82) is 0 Å². The van der Waals surface area contributed by atoms with Crippen molar-refractivity contribution in [2.45, 2.75) is 53.0 Å². The first-order chi connectivity index (χ1) is 16.2. The van der Waals surface area contributed by atoms with E-state index in [4.69, 9.17) is 5.73 Å². The fourth-order valence-electron chi connectivity index (χ4n) is 6.67. The number of benzene rings is 1. The molecule has 5 rings (SSSR count). The zero-order chi connectivity index (χ0) is 24.3. The number of rotatable bonds is 5. The molecule has 3 fully saturated rings. The van der Waals surface area contributed by atoms with Crippen LogP contribution in [0.4, 0.5) is 17.6 Å². The van der Waals surface area contributed by atoms with Crippen LogP contribution >= 0.6 is 0 Å². The normalized spacial score (nSPS) is 26.5. The van der Waals surface area contributed by atoms with Gasteiger partial charge in [0.05, 0.1) is 0 Å². The summed E-state index contributed by atoms with van der Waals surface area (Å²) in [5.41, 5.74) is 8.02. The van der Waals surface area contributed by atoms with Crippen LogP contribution in [0.5, 0.6) is 0 Å². The Bertz CT molecular complexity index is 912. The summed E-state index contributed by atoms with van der Waals surface area (Å²) in [5, 5.41) is 0. The first-order valence-corrected chi connectivity index (χ1v) is 13.1. The Labute approximate surface area is 206 Å². The lowest BCUT2D eigenvalue weighted by atomic mass is 9.76. The first kappa shape index (κ1) is 24.8. The third kappa shape index (κ3) is 5.65. The van der Waals surface area contributed by atoms with E-state index in [1.54, 1.807) is 6.07 Å². The topological polar surface area (TPSA) is 61.5 Å². The summed E-state index contributed by atoms with van der Waals surface area (Å²) in [6, 6.07) is 12.4. The van der Waals surface area contributed by atoms with Crippen molar-refractivity contribution in [2.75, 3.05) is 55.8 Å². The van der Waals surface area contributed by atoms with E-state index in [9.17, 15) is 0 Å². The molecule has 186 valence electrons. The van der Waals surface area contributed by atoms with Gasteiger partial charge in [0.1, 0.15) is 11.6 Å². The average Bonchev–Trinajstić information content (AvgIpc) is 3.33. The van der Waals surface area contributed by atoms with Crippen LogP contribution in [0.3, 0.4) is 0 Å². The highest BCUT2D eigenvalue weighted by molar-refractivity contribution is 5.51. The largest absolute Gasteiger partial charge is 0.383 e. The van der Waals surface area contributed by atoms with Crippen LogP contribution in [0.2, 0.25) is 0 Å². The Morgan fingerprint density at radius 3 is 2.18 bits per heavy atom. The van der Waals surface area contributed by atoms with Gasteiger partial charge in [-0.2, -0.15) is 9.97 Å². The maximum absolute atomic E-state index is 5.92.